The van der Waals surface area contributed by atoms with Crippen LogP contribution in [0.1, 0.15) is 20.7 Å². The summed E-state index contributed by atoms with van der Waals surface area (Å²) in [5.41, 5.74) is 6.73. The largest absolute Gasteiger partial charge is 0.545 e. The number of carboxylic acid groups (broad SMARTS) is 2. The van der Waals surface area contributed by atoms with E-state index < -0.39 is 21.8 Å². The van der Waals surface area contributed by atoms with E-state index in [0.717, 1.165) is 6.07 Å². The molecule has 0 spiro atoms. The van der Waals surface area contributed by atoms with E-state index in [0.29, 0.717) is 0 Å². The number of carboxylic acids is 2. The first-order chi connectivity index (χ1) is 15.0. The highest BCUT2D eigenvalue weighted by Gasteiger charge is 2.25. The standard InChI is InChI=1S/2C7H6O2.C6H6N4O4/c2*8-7(9)6-4-2-1-3-5-6;7-3-1-4(8)6(10(13)14)2-5(3)9(11)12/h2*1-5H,(H,8,9);1-2H,7-8H2. The SMILES string of the molecule is O=C([O-])c1ccccc1.O=C([O-])c1ccccc1.[NH3+]c1cc([NH3+])c([N+](=O)[O-])cc1[N+](=O)[O-]. The summed E-state index contributed by atoms with van der Waals surface area (Å²) in [4.78, 5) is 39.6. The van der Waals surface area contributed by atoms with Gasteiger partial charge in [-0.15, -0.1) is 0 Å². The molecule has 0 heterocycles. The minimum atomic E-state index is -1.13. The number of hydrogen-bond acceptors (Lipinski definition) is 8. The monoisotopic (exact) mass is 442 g/mol. The molecule has 0 radical (unpaired) electrons. The highest BCUT2D eigenvalue weighted by molar-refractivity contribution is 5.85. The summed E-state index contributed by atoms with van der Waals surface area (Å²) in [5, 5.41) is 41.0. The lowest BCUT2D eigenvalue weighted by atomic mass is 10.2. The van der Waals surface area contributed by atoms with Crippen LogP contribution in [0.4, 0.5) is 22.7 Å². The molecule has 0 saturated heterocycles. The number of carbonyl (C=O) groups excluding carboxylic acids is 2. The van der Waals surface area contributed by atoms with Gasteiger partial charge in [0.1, 0.15) is 6.07 Å². The Kier molecular flexibility index (Phi) is 9.60. The van der Waals surface area contributed by atoms with Crippen molar-refractivity contribution in [1.82, 2.24) is 0 Å². The van der Waals surface area contributed by atoms with E-state index in [2.05, 4.69) is 11.5 Å². The van der Waals surface area contributed by atoms with E-state index in [1.807, 2.05) is 0 Å². The molecule has 0 amide bonds. The minimum absolute atomic E-state index is 0.116. The zero-order chi connectivity index (χ0) is 24.3. The van der Waals surface area contributed by atoms with Crippen LogP contribution in [-0.4, -0.2) is 21.8 Å². The smallest absolute Gasteiger partial charge is 0.336 e. The molecule has 12 heteroatoms. The molecule has 0 fully saturated rings. The van der Waals surface area contributed by atoms with Crippen LogP contribution in [0, 0.1) is 20.2 Å². The fourth-order valence-electron chi connectivity index (χ4n) is 2.16. The van der Waals surface area contributed by atoms with Gasteiger partial charge in [0.2, 0.25) is 11.4 Å². The predicted octanol–water partition coefficient (Wildman–Crippen LogP) is -0.650. The van der Waals surface area contributed by atoms with E-state index in [4.69, 9.17) is 0 Å². The van der Waals surface area contributed by atoms with Crippen molar-refractivity contribution in [3.05, 3.63) is 104 Å². The lowest BCUT2D eigenvalue weighted by Gasteiger charge is -1.97. The molecule has 0 aromatic heterocycles. The molecule has 0 aliphatic heterocycles. The third-order valence-electron chi connectivity index (χ3n) is 3.69. The molecule has 166 valence electrons. The van der Waals surface area contributed by atoms with Gasteiger partial charge in [-0.2, -0.15) is 0 Å². The number of nitro groups is 2. The molecule has 12 nitrogen and oxygen atoms in total. The normalized spacial score (nSPS) is 9.31. The van der Waals surface area contributed by atoms with Gasteiger partial charge >= 0.3 is 11.4 Å². The Hall–Kier alpha value is -4.68. The first kappa shape index (κ1) is 25.4. The second-order valence-electron chi connectivity index (χ2n) is 5.93. The molecule has 32 heavy (non-hydrogen) atoms. The first-order valence-electron chi connectivity index (χ1n) is 8.68. The highest BCUT2D eigenvalue weighted by Crippen LogP contribution is 2.30. The number of nitrogens with zero attached hydrogens (tertiary/aromatic N) is 2. The maximum atomic E-state index is 10.4. The van der Waals surface area contributed by atoms with Gasteiger partial charge in [0, 0.05) is 0 Å². The van der Waals surface area contributed by atoms with Crippen LogP contribution in [0.3, 0.4) is 0 Å². The van der Waals surface area contributed by atoms with E-state index >= 15 is 0 Å². The molecule has 3 aromatic carbocycles. The average Bonchev–Trinajstić information content (AvgIpc) is 2.75. The molecule has 0 saturated carbocycles. The summed E-state index contributed by atoms with van der Waals surface area (Å²) in [7, 11) is 0. The minimum Gasteiger partial charge on any atom is -0.545 e. The topological polar surface area (TPSA) is 222 Å². The Labute approximate surface area is 180 Å². The molecule has 3 aromatic rings. The van der Waals surface area contributed by atoms with E-state index in [-0.39, 0.29) is 33.9 Å². The first-order valence-corrected chi connectivity index (χ1v) is 8.68. The average molecular weight is 442 g/mol. The number of rotatable bonds is 4. The van der Waals surface area contributed by atoms with E-state index in [9.17, 15) is 40.0 Å². The van der Waals surface area contributed by atoms with Crippen molar-refractivity contribution in [2.75, 3.05) is 0 Å². The Morgan fingerprint density at radius 2 is 0.938 bits per heavy atom. The van der Waals surface area contributed by atoms with E-state index in [1.165, 1.54) is 30.3 Å². The van der Waals surface area contributed by atoms with Gasteiger partial charge in [-0.1, -0.05) is 60.7 Å². The van der Waals surface area contributed by atoms with Crippen molar-refractivity contribution < 1.29 is 41.1 Å². The van der Waals surface area contributed by atoms with Gasteiger partial charge in [0.05, 0.1) is 27.9 Å². The van der Waals surface area contributed by atoms with Gasteiger partial charge < -0.3 is 31.3 Å². The zero-order valence-electron chi connectivity index (χ0n) is 16.5. The number of hydrogen-bond donors (Lipinski definition) is 2. The second-order valence-corrected chi connectivity index (χ2v) is 5.93. The van der Waals surface area contributed by atoms with Gasteiger partial charge in [-0.25, -0.2) is 0 Å². The third kappa shape index (κ3) is 7.98. The summed E-state index contributed by atoms with van der Waals surface area (Å²) >= 11 is 0. The Bertz CT molecular complexity index is 1020. The molecule has 0 bridgehead atoms. The van der Waals surface area contributed by atoms with Crippen LogP contribution in [0.25, 0.3) is 0 Å². The maximum Gasteiger partial charge on any atom is 0.336 e. The molecule has 0 aliphatic rings. The highest BCUT2D eigenvalue weighted by atomic mass is 16.6. The molecule has 3 rings (SSSR count). The van der Waals surface area contributed by atoms with Crippen LogP contribution in [-0.2, 0) is 0 Å². The Morgan fingerprint density at radius 1 is 0.625 bits per heavy atom. The Morgan fingerprint density at radius 3 is 1.16 bits per heavy atom. The van der Waals surface area contributed by atoms with Crippen LogP contribution >= 0.6 is 0 Å². The van der Waals surface area contributed by atoms with Crippen molar-refractivity contribution in [2.24, 2.45) is 0 Å². The molecule has 0 atom stereocenters. The lowest BCUT2D eigenvalue weighted by molar-refractivity contribution is -0.406. The summed E-state index contributed by atoms with van der Waals surface area (Å²) in [6.07, 6.45) is 0. The van der Waals surface area contributed by atoms with Crippen molar-refractivity contribution in [3.63, 3.8) is 0 Å². The summed E-state index contributed by atoms with van der Waals surface area (Å²) < 4.78 is 0. The molecule has 6 N–H and O–H groups in total. The summed E-state index contributed by atoms with van der Waals surface area (Å²) in [5.74, 6) is -2.26. The number of aromatic carboxylic acids is 2. The fourth-order valence-corrected chi connectivity index (χ4v) is 2.16. The molecule has 0 unspecified atom stereocenters. The lowest BCUT2D eigenvalue weighted by Crippen LogP contribution is -2.45. The van der Waals surface area contributed by atoms with Crippen LogP contribution in [0.2, 0.25) is 0 Å². The molecule has 0 aliphatic carbocycles. The number of benzene rings is 3. The van der Waals surface area contributed by atoms with Crippen molar-refractivity contribution in [1.29, 1.82) is 0 Å². The zero-order valence-corrected chi connectivity index (χ0v) is 16.5. The van der Waals surface area contributed by atoms with Gasteiger partial charge in [0.15, 0.2) is 0 Å². The third-order valence-corrected chi connectivity index (χ3v) is 3.69. The summed E-state index contributed by atoms with van der Waals surface area (Å²) in [6, 6.07) is 18.2. The van der Waals surface area contributed by atoms with Crippen LogP contribution in [0.5, 0.6) is 0 Å². The van der Waals surface area contributed by atoms with Crippen molar-refractivity contribution in [2.45, 2.75) is 0 Å². The van der Waals surface area contributed by atoms with E-state index in [1.54, 1.807) is 36.4 Å². The maximum absolute atomic E-state index is 10.4. The number of carbonyl (C=O) groups is 2. The second kappa shape index (κ2) is 12.1. The van der Waals surface area contributed by atoms with Crippen LogP contribution in [0.15, 0.2) is 72.8 Å². The summed E-state index contributed by atoms with van der Waals surface area (Å²) in [6.45, 7) is 0. The fraction of sp³-hybridized carbons (Fsp3) is 0. The molecular weight excluding hydrogens is 424 g/mol. The van der Waals surface area contributed by atoms with Crippen molar-refractivity contribution in [3.8, 4) is 0 Å². The number of nitro benzene ring substituents is 2. The van der Waals surface area contributed by atoms with Crippen LogP contribution < -0.4 is 21.7 Å². The van der Waals surface area contributed by atoms with Gasteiger partial charge in [-0.3, -0.25) is 20.2 Å². The van der Waals surface area contributed by atoms with Gasteiger partial charge in [0.25, 0.3) is 0 Å². The quantitative estimate of drug-likeness (QED) is 0.389. The Balaban J connectivity index is 0.000000250. The number of quaternary nitrogens is 2. The predicted molar refractivity (Wildman–Crippen MR) is 106 cm³/mol. The van der Waals surface area contributed by atoms with Gasteiger partial charge in [-0.05, 0) is 11.1 Å². The molecular formula is C20H18N4O8. The van der Waals surface area contributed by atoms with Crippen molar-refractivity contribution >= 4 is 34.7 Å².